The summed E-state index contributed by atoms with van der Waals surface area (Å²) in [6.07, 6.45) is -4.79. The van der Waals surface area contributed by atoms with E-state index in [0.29, 0.717) is 28.0 Å². The summed E-state index contributed by atoms with van der Waals surface area (Å²) in [5.74, 6) is -1.33. The van der Waals surface area contributed by atoms with E-state index < -0.39 is 29.0 Å². The molecule has 1 aromatic heterocycles. The zero-order chi connectivity index (χ0) is 22.6. The van der Waals surface area contributed by atoms with Gasteiger partial charge < -0.3 is 5.32 Å². The van der Waals surface area contributed by atoms with Crippen LogP contribution in [0.4, 0.5) is 23.2 Å². The lowest BCUT2D eigenvalue weighted by Gasteiger charge is -2.14. The van der Waals surface area contributed by atoms with Crippen molar-refractivity contribution in [3.05, 3.63) is 76.6 Å². The van der Waals surface area contributed by atoms with Crippen LogP contribution in [0.1, 0.15) is 11.1 Å². The lowest BCUT2D eigenvalue weighted by atomic mass is 10.1. The molecule has 10 heteroatoms. The second kappa shape index (κ2) is 9.37. The fourth-order valence-electron chi connectivity index (χ4n) is 2.59. The maximum Gasteiger partial charge on any atom is 0.417 e. The number of halogens is 5. The highest BCUT2D eigenvalue weighted by atomic mass is 35.5. The highest BCUT2D eigenvalue weighted by Crippen LogP contribution is 2.38. The van der Waals surface area contributed by atoms with Crippen LogP contribution in [0.3, 0.4) is 0 Å². The van der Waals surface area contributed by atoms with Gasteiger partial charge in [0.25, 0.3) is 0 Å². The molecule has 0 atom stereocenters. The van der Waals surface area contributed by atoms with E-state index in [1.165, 1.54) is 36.4 Å². The van der Waals surface area contributed by atoms with E-state index in [1.807, 2.05) is 0 Å². The van der Waals surface area contributed by atoms with Crippen LogP contribution in [-0.2, 0) is 11.0 Å². The van der Waals surface area contributed by atoms with Gasteiger partial charge in [-0.1, -0.05) is 35.5 Å². The molecule has 2 aromatic carbocycles. The number of nitriles is 1. The van der Waals surface area contributed by atoms with Gasteiger partial charge in [-0.25, -0.2) is 9.37 Å². The molecule has 158 valence electrons. The van der Waals surface area contributed by atoms with Crippen molar-refractivity contribution in [2.75, 3.05) is 11.1 Å². The Bertz CT molecular complexity index is 1140. The molecule has 1 amide bonds. The minimum absolute atomic E-state index is 0.00978. The highest BCUT2D eigenvalue weighted by molar-refractivity contribution is 8.00. The molecular formula is C21H12ClF4N3OS. The number of benzene rings is 2. The number of amides is 1. The third-order valence-electron chi connectivity index (χ3n) is 4.01. The zero-order valence-corrected chi connectivity index (χ0v) is 17.1. The van der Waals surface area contributed by atoms with Gasteiger partial charge in [-0.2, -0.15) is 18.4 Å². The molecule has 1 heterocycles. The van der Waals surface area contributed by atoms with Crippen LogP contribution in [0, 0.1) is 17.1 Å². The third kappa shape index (κ3) is 5.75. The number of hydrogen-bond acceptors (Lipinski definition) is 4. The smallest absolute Gasteiger partial charge is 0.325 e. The zero-order valence-electron chi connectivity index (χ0n) is 15.5. The first kappa shape index (κ1) is 22.6. The lowest BCUT2D eigenvalue weighted by molar-refractivity contribution is -0.138. The van der Waals surface area contributed by atoms with Crippen molar-refractivity contribution >= 4 is 35.0 Å². The summed E-state index contributed by atoms with van der Waals surface area (Å²) in [5, 5.41) is 12.0. The summed E-state index contributed by atoms with van der Waals surface area (Å²) in [6, 6.07) is 13.4. The van der Waals surface area contributed by atoms with Gasteiger partial charge in [0.2, 0.25) is 5.91 Å². The number of carbonyl (C=O) groups is 1. The maximum atomic E-state index is 13.6. The molecule has 31 heavy (non-hydrogen) atoms. The molecule has 0 aliphatic rings. The number of pyridine rings is 1. The number of rotatable bonds is 5. The summed E-state index contributed by atoms with van der Waals surface area (Å²) < 4.78 is 53.7. The predicted octanol–water partition coefficient (Wildman–Crippen LogP) is 6.16. The summed E-state index contributed by atoms with van der Waals surface area (Å²) in [6.45, 7) is 0. The fourth-order valence-corrected chi connectivity index (χ4v) is 3.52. The topological polar surface area (TPSA) is 65.8 Å². The van der Waals surface area contributed by atoms with Crippen LogP contribution < -0.4 is 5.32 Å². The Labute approximate surface area is 183 Å². The van der Waals surface area contributed by atoms with E-state index in [4.69, 9.17) is 11.6 Å². The fraction of sp³-hybridized carbons (Fsp3) is 0.0952. The van der Waals surface area contributed by atoms with Crippen molar-refractivity contribution in [2.45, 2.75) is 11.2 Å². The highest BCUT2D eigenvalue weighted by Gasteiger charge is 2.36. The van der Waals surface area contributed by atoms with Crippen molar-refractivity contribution in [2.24, 2.45) is 0 Å². The van der Waals surface area contributed by atoms with Gasteiger partial charge in [-0.3, -0.25) is 4.79 Å². The Morgan fingerprint density at radius 1 is 1.13 bits per heavy atom. The number of nitrogens with one attached hydrogen (secondary N) is 1. The molecule has 0 fully saturated rings. The van der Waals surface area contributed by atoms with E-state index >= 15 is 0 Å². The first-order chi connectivity index (χ1) is 14.7. The quantitative estimate of drug-likeness (QED) is 0.362. The van der Waals surface area contributed by atoms with Gasteiger partial charge in [-0.05, 0) is 42.5 Å². The van der Waals surface area contributed by atoms with Crippen LogP contribution in [0.25, 0.3) is 11.3 Å². The summed E-state index contributed by atoms with van der Waals surface area (Å²) in [7, 11) is 0. The molecule has 4 nitrogen and oxygen atoms in total. The minimum atomic E-state index is -4.79. The van der Waals surface area contributed by atoms with Crippen LogP contribution in [0.2, 0.25) is 5.02 Å². The SMILES string of the molecule is N#Cc1c(C(F)(F)F)cc(-c2ccc(Cl)cc2)nc1SCC(=O)Nc1ccc(F)cc1. The molecule has 0 saturated heterocycles. The molecule has 0 radical (unpaired) electrons. The van der Waals surface area contributed by atoms with Gasteiger partial charge in [0, 0.05) is 16.3 Å². The molecule has 0 unspecified atom stereocenters. The average molecular weight is 466 g/mol. The monoisotopic (exact) mass is 465 g/mol. The first-order valence-corrected chi connectivity index (χ1v) is 10.00. The van der Waals surface area contributed by atoms with E-state index in [0.717, 1.165) is 18.2 Å². The number of thioether (sulfide) groups is 1. The normalized spacial score (nSPS) is 11.1. The summed E-state index contributed by atoms with van der Waals surface area (Å²) >= 11 is 6.53. The minimum Gasteiger partial charge on any atom is -0.325 e. The summed E-state index contributed by atoms with van der Waals surface area (Å²) in [4.78, 5) is 16.3. The van der Waals surface area contributed by atoms with E-state index in [1.54, 1.807) is 6.07 Å². The molecule has 0 saturated carbocycles. The number of aromatic nitrogens is 1. The second-order valence-electron chi connectivity index (χ2n) is 6.20. The lowest BCUT2D eigenvalue weighted by Crippen LogP contribution is -2.15. The standard InChI is InChI=1S/C21H12ClF4N3OS/c22-13-3-1-12(2-4-13)18-9-17(21(24,25)26)16(10-27)20(29-18)31-11-19(30)28-15-7-5-14(23)6-8-15/h1-9H,11H2,(H,28,30). The van der Waals surface area contributed by atoms with Gasteiger partial charge in [-0.15, -0.1) is 0 Å². The van der Waals surface area contributed by atoms with Crippen LogP contribution >= 0.6 is 23.4 Å². The Morgan fingerprint density at radius 2 is 1.77 bits per heavy atom. The van der Waals surface area contributed by atoms with Gasteiger partial charge in [0.15, 0.2) is 0 Å². The van der Waals surface area contributed by atoms with Crippen molar-refractivity contribution in [3.63, 3.8) is 0 Å². The average Bonchev–Trinajstić information content (AvgIpc) is 2.73. The number of carbonyl (C=O) groups excluding carboxylic acids is 1. The maximum absolute atomic E-state index is 13.6. The van der Waals surface area contributed by atoms with Crippen molar-refractivity contribution in [1.82, 2.24) is 4.98 Å². The Morgan fingerprint density at radius 3 is 2.35 bits per heavy atom. The van der Waals surface area contributed by atoms with Crippen LogP contribution in [0.15, 0.2) is 59.6 Å². The largest absolute Gasteiger partial charge is 0.417 e. The molecule has 0 aliphatic carbocycles. The molecule has 0 bridgehead atoms. The van der Waals surface area contributed by atoms with Crippen LogP contribution in [0.5, 0.6) is 0 Å². The molecule has 3 rings (SSSR count). The molecule has 0 aliphatic heterocycles. The molecular weight excluding hydrogens is 454 g/mol. The first-order valence-electron chi connectivity index (χ1n) is 8.64. The number of anilines is 1. The predicted molar refractivity (Wildman–Crippen MR) is 110 cm³/mol. The van der Waals surface area contributed by atoms with Crippen molar-refractivity contribution < 1.29 is 22.4 Å². The molecule has 3 aromatic rings. The van der Waals surface area contributed by atoms with Gasteiger partial charge in [0.05, 0.1) is 22.6 Å². The molecule has 1 N–H and O–H groups in total. The third-order valence-corrected chi connectivity index (χ3v) is 5.24. The van der Waals surface area contributed by atoms with Gasteiger partial charge >= 0.3 is 6.18 Å². The second-order valence-corrected chi connectivity index (χ2v) is 7.60. The Kier molecular flexibility index (Phi) is 6.83. The van der Waals surface area contributed by atoms with Crippen molar-refractivity contribution in [3.8, 4) is 17.3 Å². The van der Waals surface area contributed by atoms with E-state index in [2.05, 4.69) is 10.3 Å². The Balaban J connectivity index is 1.91. The van der Waals surface area contributed by atoms with E-state index in [9.17, 15) is 27.6 Å². The number of hydrogen-bond donors (Lipinski definition) is 1. The number of alkyl halides is 3. The summed E-state index contributed by atoms with van der Waals surface area (Å²) in [5.41, 5.74) is -1.12. The van der Waals surface area contributed by atoms with Crippen LogP contribution in [-0.4, -0.2) is 16.6 Å². The molecule has 0 spiro atoms. The number of nitrogens with zero attached hydrogens (tertiary/aromatic N) is 2. The van der Waals surface area contributed by atoms with E-state index in [-0.39, 0.29) is 16.5 Å². The van der Waals surface area contributed by atoms with Gasteiger partial charge in [0.1, 0.15) is 16.9 Å². The van der Waals surface area contributed by atoms with Crippen molar-refractivity contribution in [1.29, 1.82) is 5.26 Å². The Hall–Kier alpha value is -3.09.